The second-order valence-electron chi connectivity index (χ2n) is 4.63. The van der Waals surface area contributed by atoms with Crippen molar-refractivity contribution in [2.45, 2.75) is 6.42 Å². The molecule has 0 aliphatic heterocycles. The molecular formula is C18H20N2. The first-order chi connectivity index (χ1) is 9.90. The van der Waals surface area contributed by atoms with E-state index in [2.05, 4.69) is 65.1 Å². The Labute approximate surface area is 121 Å². The highest BCUT2D eigenvalue weighted by atomic mass is 14.9. The predicted octanol–water partition coefficient (Wildman–Crippen LogP) is 2.91. The molecule has 0 amide bonds. The van der Waals surface area contributed by atoms with Gasteiger partial charge in [0, 0.05) is 18.8 Å². The first-order valence-electron chi connectivity index (χ1n) is 6.90. The minimum absolute atomic E-state index is 0.618. The zero-order valence-electron chi connectivity index (χ0n) is 11.6. The van der Waals surface area contributed by atoms with Crippen LogP contribution in [0.4, 0.5) is 5.69 Å². The maximum Gasteiger partial charge on any atom is 0.0574 e. The molecule has 2 nitrogen and oxygen atoms in total. The lowest BCUT2D eigenvalue weighted by Crippen LogP contribution is -2.22. The van der Waals surface area contributed by atoms with Gasteiger partial charge in [-0.3, -0.25) is 0 Å². The van der Waals surface area contributed by atoms with Crippen LogP contribution in [0.25, 0.3) is 0 Å². The molecule has 2 aromatic rings. The number of hydrogen-bond acceptors (Lipinski definition) is 2. The van der Waals surface area contributed by atoms with Crippen LogP contribution in [-0.2, 0) is 6.42 Å². The number of benzene rings is 2. The molecule has 2 aromatic carbocycles. The third-order valence-electron chi connectivity index (χ3n) is 3.10. The quantitative estimate of drug-likeness (QED) is 0.593. The van der Waals surface area contributed by atoms with E-state index >= 15 is 0 Å². The third kappa shape index (κ3) is 4.46. The number of rotatable bonds is 7. The maximum atomic E-state index is 5.20. The van der Waals surface area contributed by atoms with Crippen LogP contribution in [0.3, 0.4) is 0 Å². The van der Waals surface area contributed by atoms with Crippen LogP contribution in [-0.4, -0.2) is 19.6 Å². The maximum absolute atomic E-state index is 5.20. The minimum atomic E-state index is 0.618. The van der Waals surface area contributed by atoms with Crippen molar-refractivity contribution in [2.24, 2.45) is 0 Å². The first kappa shape index (κ1) is 14.2. The van der Waals surface area contributed by atoms with Gasteiger partial charge in [-0.15, -0.1) is 6.42 Å². The van der Waals surface area contributed by atoms with Crippen LogP contribution < -0.4 is 10.6 Å². The van der Waals surface area contributed by atoms with Crippen molar-refractivity contribution >= 4 is 5.69 Å². The average Bonchev–Trinajstić information content (AvgIpc) is 2.50. The van der Waals surface area contributed by atoms with Gasteiger partial charge in [0.15, 0.2) is 0 Å². The van der Waals surface area contributed by atoms with E-state index < -0.39 is 0 Å². The van der Waals surface area contributed by atoms with Gasteiger partial charge in [0.05, 0.1) is 6.54 Å². The van der Waals surface area contributed by atoms with Gasteiger partial charge in [-0.2, -0.15) is 0 Å². The van der Waals surface area contributed by atoms with E-state index in [1.807, 2.05) is 6.07 Å². The summed E-state index contributed by atoms with van der Waals surface area (Å²) in [6.45, 7) is 2.35. The van der Waals surface area contributed by atoms with E-state index in [0.29, 0.717) is 6.54 Å². The third-order valence-corrected chi connectivity index (χ3v) is 3.10. The van der Waals surface area contributed by atoms with Gasteiger partial charge in [0.1, 0.15) is 0 Å². The number of nitrogens with one attached hydrogen (secondary N) is 2. The molecule has 2 N–H and O–H groups in total. The van der Waals surface area contributed by atoms with Crippen LogP contribution in [0.5, 0.6) is 0 Å². The monoisotopic (exact) mass is 264 g/mol. The van der Waals surface area contributed by atoms with Gasteiger partial charge in [-0.05, 0) is 23.6 Å². The van der Waals surface area contributed by atoms with Crippen molar-refractivity contribution in [1.82, 2.24) is 5.32 Å². The molecule has 0 fully saturated rings. The SMILES string of the molecule is C#CCNCCNc1ccccc1Cc1ccccc1. The minimum Gasteiger partial charge on any atom is -0.384 e. The predicted molar refractivity (Wildman–Crippen MR) is 85.9 cm³/mol. The largest absolute Gasteiger partial charge is 0.384 e. The lowest BCUT2D eigenvalue weighted by atomic mass is 10.0. The summed E-state index contributed by atoms with van der Waals surface area (Å²) in [6, 6.07) is 19.0. The van der Waals surface area contributed by atoms with Crippen molar-refractivity contribution in [3.8, 4) is 12.3 Å². The summed E-state index contributed by atoms with van der Waals surface area (Å²) in [6.07, 6.45) is 6.15. The van der Waals surface area contributed by atoms with Crippen LogP contribution in [0.15, 0.2) is 54.6 Å². The molecule has 102 valence electrons. The molecule has 20 heavy (non-hydrogen) atoms. The Morgan fingerprint density at radius 1 is 0.900 bits per heavy atom. The van der Waals surface area contributed by atoms with Gasteiger partial charge in [-0.25, -0.2) is 0 Å². The molecular weight excluding hydrogens is 244 g/mol. The Kier molecular flexibility index (Phi) is 5.70. The van der Waals surface area contributed by atoms with Crippen LogP contribution in [0.2, 0.25) is 0 Å². The molecule has 0 spiro atoms. The van der Waals surface area contributed by atoms with Gasteiger partial charge in [-0.1, -0.05) is 54.5 Å². The van der Waals surface area contributed by atoms with Crippen molar-refractivity contribution in [1.29, 1.82) is 0 Å². The molecule has 0 aromatic heterocycles. The van der Waals surface area contributed by atoms with Gasteiger partial charge in [0.2, 0.25) is 0 Å². The zero-order valence-corrected chi connectivity index (χ0v) is 11.6. The molecule has 0 saturated heterocycles. The Hall–Kier alpha value is -2.24. The molecule has 0 atom stereocenters. The summed E-state index contributed by atoms with van der Waals surface area (Å²) >= 11 is 0. The number of terminal acetylenes is 1. The fourth-order valence-corrected chi connectivity index (χ4v) is 2.11. The molecule has 0 saturated carbocycles. The van der Waals surface area contributed by atoms with E-state index in [-0.39, 0.29) is 0 Å². The lowest BCUT2D eigenvalue weighted by Gasteiger charge is -2.12. The first-order valence-corrected chi connectivity index (χ1v) is 6.90. The Morgan fingerprint density at radius 2 is 1.65 bits per heavy atom. The molecule has 0 aliphatic carbocycles. The van der Waals surface area contributed by atoms with Crippen LogP contribution >= 0.6 is 0 Å². The number of anilines is 1. The molecule has 0 unspecified atom stereocenters. The van der Waals surface area contributed by atoms with Gasteiger partial charge >= 0.3 is 0 Å². The molecule has 0 heterocycles. The van der Waals surface area contributed by atoms with Crippen molar-refractivity contribution in [3.05, 3.63) is 65.7 Å². The number of para-hydroxylation sites is 1. The van der Waals surface area contributed by atoms with Gasteiger partial charge < -0.3 is 10.6 Å². The fraction of sp³-hybridized carbons (Fsp3) is 0.222. The summed E-state index contributed by atoms with van der Waals surface area (Å²) in [4.78, 5) is 0. The molecule has 0 bridgehead atoms. The van der Waals surface area contributed by atoms with Gasteiger partial charge in [0.25, 0.3) is 0 Å². The topological polar surface area (TPSA) is 24.1 Å². The average molecular weight is 264 g/mol. The van der Waals surface area contributed by atoms with Crippen LogP contribution in [0.1, 0.15) is 11.1 Å². The molecule has 0 radical (unpaired) electrons. The second kappa shape index (κ2) is 8.04. The molecule has 2 rings (SSSR count). The van der Waals surface area contributed by atoms with E-state index in [4.69, 9.17) is 6.42 Å². The fourth-order valence-electron chi connectivity index (χ4n) is 2.11. The van der Waals surface area contributed by atoms with Crippen molar-refractivity contribution < 1.29 is 0 Å². The Morgan fingerprint density at radius 3 is 2.45 bits per heavy atom. The van der Waals surface area contributed by atoms with Crippen molar-refractivity contribution in [3.63, 3.8) is 0 Å². The summed E-state index contributed by atoms with van der Waals surface area (Å²) in [5, 5.41) is 6.64. The lowest BCUT2D eigenvalue weighted by molar-refractivity contribution is 0.780. The normalized spacial score (nSPS) is 9.95. The Bertz CT molecular complexity index is 555. The highest BCUT2D eigenvalue weighted by Gasteiger charge is 2.02. The van der Waals surface area contributed by atoms with E-state index in [1.165, 1.54) is 16.8 Å². The standard InChI is InChI=1S/C18H20N2/c1-2-12-19-13-14-20-18-11-7-6-10-17(18)15-16-8-4-3-5-9-16/h1,3-11,19-20H,12-15H2. The van der Waals surface area contributed by atoms with E-state index in [9.17, 15) is 0 Å². The Balaban J connectivity index is 1.94. The second-order valence-corrected chi connectivity index (χ2v) is 4.63. The summed E-state index contributed by atoms with van der Waals surface area (Å²) in [5.41, 5.74) is 3.83. The summed E-state index contributed by atoms with van der Waals surface area (Å²) in [5.74, 6) is 2.57. The molecule has 0 aliphatic rings. The summed E-state index contributed by atoms with van der Waals surface area (Å²) < 4.78 is 0. The smallest absolute Gasteiger partial charge is 0.0574 e. The highest BCUT2D eigenvalue weighted by Crippen LogP contribution is 2.18. The zero-order chi connectivity index (χ0) is 14.0. The number of hydrogen-bond donors (Lipinski definition) is 2. The van der Waals surface area contributed by atoms with E-state index in [0.717, 1.165) is 19.5 Å². The highest BCUT2D eigenvalue weighted by molar-refractivity contribution is 5.52. The molecule has 2 heteroatoms. The van der Waals surface area contributed by atoms with E-state index in [1.54, 1.807) is 0 Å². The summed E-state index contributed by atoms with van der Waals surface area (Å²) in [7, 11) is 0. The van der Waals surface area contributed by atoms with Crippen molar-refractivity contribution in [2.75, 3.05) is 25.0 Å². The van der Waals surface area contributed by atoms with Crippen LogP contribution in [0, 0.1) is 12.3 Å².